The van der Waals surface area contributed by atoms with E-state index in [1.165, 1.54) is 19.3 Å². The third-order valence-corrected chi connectivity index (χ3v) is 3.80. The predicted octanol–water partition coefficient (Wildman–Crippen LogP) is 2.97. The minimum Gasteiger partial charge on any atom is -0.445 e. The van der Waals surface area contributed by atoms with Crippen molar-refractivity contribution in [2.45, 2.75) is 31.6 Å². The van der Waals surface area contributed by atoms with Crippen LogP contribution in [0.2, 0.25) is 0 Å². The molecule has 0 spiro atoms. The highest BCUT2D eigenvalue weighted by molar-refractivity contribution is 6.17. The molecule has 2 aliphatic carbocycles. The Balaban J connectivity index is 1.72. The lowest BCUT2D eigenvalue weighted by atomic mass is 10.1. The first-order valence-corrected chi connectivity index (χ1v) is 5.94. The zero-order valence-electron chi connectivity index (χ0n) is 8.08. The summed E-state index contributed by atoms with van der Waals surface area (Å²) in [7, 11) is 0. The van der Waals surface area contributed by atoms with Crippen LogP contribution in [-0.4, -0.2) is 10.9 Å². The molecule has 1 aromatic rings. The van der Waals surface area contributed by atoms with Gasteiger partial charge in [-0.1, -0.05) is 6.42 Å². The van der Waals surface area contributed by atoms with Gasteiger partial charge in [0.05, 0.1) is 6.20 Å². The van der Waals surface area contributed by atoms with E-state index in [9.17, 15) is 0 Å². The lowest BCUT2D eigenvalue weighted by molar-refractivity contribution is 0.444. The molecule has 2 nitrogen and oxygen atoms in total. The molecule has 0 bridgehead atoms. The number of fused-ring (bicyclic) bond motifs is 1. The first-order chi connectivity index (χ1) is 6.90. The van der Waals surface area contributed by atoms with Crippen molar-refractivity contribution in [2.24, 2.45) is 11.8 Å². The van der Waals surface area contributed by atoms with Gasteiger partial charge in [0.25, 0.3) is 0 Å². The summed E-state index contributed by atoms with van der Waals surface area (Å²) in [6, 6.07) is 0. The number of oxazole rings is 1. The fraction of sp³-hybridized carbons (Fsp3) is 0.727. The first kappa shape index (κ1) is 8.78. The number of rotatable bonds is 3. The smallest absolute Gasteiger partial charge is 0.195 e. The maximum Gasteiger partial charge on any atom is 0.195 e. The van der Waals surface area contributed by atoms with Crippen LogP contribution in [-0.2, 0) is 6.42 Å². The molecule has 3 rings (SSSR count). The molecule has 14 heavy (non-hydrogen) atoms. The fourth-order valence-corrected chi connectivity index (χ4v) is 3.08. The Morgan fingerprint density at radius 1 is 1.43 bits per heavy atom. The third-order valence-electron chi connectivity index (χ3n) is 3.61. The quantitative estimate of drug-likeness (QED) is 0.719. The second-order valence-electron chi connectivity index (χ2n) is 4.38. The highest BCUT2D eigenvalue weighted by atomic mass is 35.5. The van der Waals surface area contributed by atoms with Gasteiger partial charge >= 0.3 is 0 Å². The van der Waals surface area contributed by atoms with Crippen LogP contribution in [0.15, 0.2) is 10.6 Å². The van der Waals surface area contributed by atoms with E-state index in [0.29, 0.717) is 11.8 Å². The topological polar surface area (TPSA) is 26.0 Å². The van der Waals surface area contributed by atoms with E-state index in [0.717, 1.165) is 29.9 Å². The molecule has 2 saturated carbocycles. The number of hydrogen-bond donors (Lipinski definition) is 0. The van der Waals surface area contributed by atoms with Crippen molar-refractivity contribution in [3.63, 3.8) is 0 Å². The summed E-state index contributed by atoms with van der Waals surface area (Å²) in [5.74, 6) is 5.02. The Morgan fingerprint density at radius 2 is 2.21 bits per heavy atom. The molecule has 2 unspecified atom stereocenters. The Kier molecular flexibility index (Phi) is 2.05. The van der Waals surface area contributed by atoms with Crippen LogP contribution in [0.25, 0.3) is 0 Å². The Labute approximate surface area is 88.7 Å². The van der Waals surface area contributed by atoms with E-state index >= 15 is 0 Å². The highest BCUT2D eigenvalue weighted by Crippen LogP contribution is 2.63. The van der Waals surface area contributed by atoms with Gasteiger partial charge in [-0.05, 0) is 24.7 Å². The Bertz CT molecular complexity index is 326. The highest BCUT2D eigenvalue weighted by Gasteiger charge is 2.54. The number of halogens is 1. The lowest BCUT2D eigenvalue weighted by Gasteiger charge is -1.97. The van der Waals surface area contributed by atoms with E-state index in [2.05, 4.69) is 4.98 Å². The van der Waals surface area contributed by atoms with Crippen molar-refractivity contribution in [3.05, 3.63) is 17.8 Å². The van der Waals surface area contributed by atoms with Crippen molar-refractivity contribution in [3.8, 4) is 0 Å². The van der Waals surface area contributed by atoms with Crippen LogP contribution in [0, 0.1) is 11.8 Å². The SMILES string of the molecule is ClCCc1ncc(C2C3CCCC32)o1. The van der Waals surface area contributed by atoms with Crippen molar-refractivity contribution in [1.29, 1.82) is 0 Å². The molecule has 2 fully saturated rings. The van der Waals surface area contributed by atoms with Gasteiger partial charge in [0, 0.05) is 18.2 Å². The summed E-state index contributed by atoms with van der Waals surface area (Å²) in [6.45, 7) is 0. The van der Waals surface area contributed by atoms with Gasteiger partial charge in [-0.25, -0.2) is 4.98 Å². The Morgan fingerprint density at radius 3 is 2.93 bits per heavy atom. The summed E-state index contributed by atoms with van der Waals surface area (Å²) in [6.07, 6.45) is 6.85. The van der Waals surface area contributed by atoms with Crippen LogP contribution in [0.3, 0.4) is 0 Å². The Hall–Kier alpha value is -0.500. The maximum absolute atomic E-state index is 5.69. The molecule has 0 amide bonds. The number of hydrogen-bond acceptors (Lipinski definition) is 2. The van der Waals surface area contributed by atoms with Gasteiger partial charge in [0.15, 0.2) is 5.89 Å². The number of aryl methyl sites for hydroxylation is 1. The zero-order valence-corrected chi connectivity index (χ0v) is 8.83. The van der Waals surface area contributed by atoms with Crippen molar-refractivity contribution >= 4 is 11.6 Å². The standard InChI is InChI=1S/C11H14ClNO/c12-5-4-10-13-6-9(14-10)11-7-2-1-3-8(7)11/h6-8,11H,1-5H2. The minimum absolute atomic E-state index is 0.595. The molecule has 3 heteroatoms. The molecule has 2 aliphatic rings. The van der Waals surface area contributed by atoms with Gasteiger partial charge in [0.1, 0.15) is 5.76 Å². The van der Waals surface area contributed by atoms with E-state index in [1.807, 2.05) is 6.20 Å². The van der Waals surface area contributed by atoms with Crippen molar-refractivity contribution < 1.29 is 4.42 Å². The van der Waals surface area contributed by atoms with Gasteiger partial charge < -0.3 is 4.42 Å². The summed E-state index contributed by atoms with van der Waals surface area (Å²) in [4.78, 5) is 4.24. The predicted molar refractivity (Wildman–Crippen MR) is 54.5 cm³/mol. The van der Waals surface area contributed by atoms with Gasteiger partial charge in [-0.15, -0.1) is 11.6 Å². The molecule has 0 N–H and O–H groups in total. The maximum atomic E-state index is 5.69. The van der Waals surface area contributed by atoms with Crippen molar-refractivity contribution in [2.75, 3.05) is 5.88 Å². The second kappa shape index (κ2) is 3.27. The molecule has 76 valence electrons. The van der Waals surface area contributed by atoms with Gasteiger partial charge in [-0.2, -0.15) is 0 Å². The number of alkyl halides is 1. The molecule has 0 aromatic carbocycles. The van der Waals surface area contributed by atoms with E-state index < -0.39 is 0 Å². The van der Waals surface area contributed by atoms with Crippen LogP contribution in [0.1, 0.15) is 36.8 Å². The van der Waals surface area contributed by atoms with E-state index in [4.69, 9.17) is 16.0 Å². The van der Waals surface area contributed by atoms with Crippen LogP contribution >= 0.6 is 11.6 Å². The van der Waals surface area contributed by atoms with E-state index in [1.54, 1.807) is 0 Å². The zero-order chi connectivity index (χ0) is 9.54. The summed E-state index contributed by atoms with van der Waals surface area (Å²) in [5, 5.41) is 0. The third kappa shape index (κ3) is 1.28. The molecule has 0 saturated heterocycles. The van der Waals surface area contributed by atoms with Crippen LogP contribution < -0.4 is 0 Å². The average molecular weight is 212 g/mol. The molecular weight excluding hydrogens is 198 g/mol. The molecule has 1 aromatic heterocycles. The van der Waals surface area contributed by atoms with Gasteiger partial charge in [-0.3, -0.25) is 0 Å². The molecule has 0 radical (unpaired) electrons. The van der Waals surface area contributed by atoms with Crippen LogP contribution in [0.4, 0.5) is 0 Å². The summed E-state index contributed by atoms with van der Waals surface area (Å²) in [5.41, 5.74) is 0. The molecule has 2 atom stereocenters. The number of aromatic nitrogens is 1. The number of nitrogens with zero attached hydrogens (tertiary/aromatic N) is 1. The summed E-state index contributed by atoms with van der Waals surface area (Å²) >= 11 is 5.64. The first-order valence-electron chi connectivity index (χ1n) is 5.40. The van der Waals surface area contributed by atoms with Crippen molar-refractivity contribution in [1.82, 2.24) is 4.98 Å². The summed E-state index contributed by atoms with van der Waals surface area (Å²) < 4.78 is 5.69. The second-order valence-corrected chi connectivity index (χ2v) is 4.76. The fourth-order valence-electron chi connectivity index (χ4n) is 2.92. The van der Waals surface area contributed by atoms with Crippen LogP contribution in [0.5, 0.6) is 0 Å². The monoisotopic (exact) mass is 211 g/mol. The largest absolute Gasteiger partial charge is 0.445 e. The van der Waals surface area contributed by atoms with Gasteiger partial charge in [0.2, 0.25) is 0 Å². The molecule has 1 heterocycles. The minimum atomic E-state index is 0.595. The average Bonchev–Trinajstić information content (AvgIpc) is 2.63. The van der Waals surface area contributed by atoms with E-state index in [-0.39, 0.29) is 0 Å². The molecule has 0 aliphatic heterocycles. The normalized spacial score (nSPS) is 34.5. The lowest BCUT2D eigenvalue weighted by Crippen LogP contribution is -1.85. The molecular formula is C11H14ClNO.